The van der Waals surface area contributed by atoms with Crippen LogP contribution in [0.1, 0.15) is 77.3 Å². The maximum atomic E-state index is 15.7. The summed E-state index contributed by atoms with van der Waals surface area (Å²) in [5.41, 5.74) is -3.03. The topological polar surface area (TPSA) is 88.7 Å². The summed E-state index contributed by atoms with van der Waals surface area (Å²) in [6.45, 7) is 7.74. The molecule has 0 bridgehead atoms. The molecule has 0 radical (unpaired) electrons. The average Bonchev–Trinajstić information content (AvgIpc) is 3.39. The monoisotopic (exact) mass is 477 g/mol. The van der Waals surface area contributed by atoms with Crippen molar-refractivity contribution >= 4 is 5.91 Å². The third-order valence-electron chi connectivity index (χ3n) is 6.82. The first-order valence-corrected chi connectivity index (χ1v) is 11.7. The first-order valence-electron chi connectivity index (χ1n) is 11.7. The summed E-state index contributed by atoms with van der Waals surface area (Å²) < 4.78 is 42.4. The Kier molecular flexibility index (Phi) is 6.21. The summed E-state index contributed by atoms with van der Waals surface area (Å²) in [5.74, 6) is -4.23. The number of nitrogens with zero attached hydrogens (tertiary/aromatic N) is 3. The van der Waals surface area contributed by atoms with Crippen LogP contribution in [0.4, 0.5) is 8.78 Å². The molecular weight excluding hydrogens is 444 g/mol. The van der Waals surface area contributed by atoms with Crippen LogP contribution in [0.5, 0.6) is 5.75 Å². The van der Waals surface area contributed by atoms with Crippen LogP contribution < -0.4 is 4.74 Å². The molecule has 1 aliphatic heterocycles. The first kappa shape index (κ1) is 24.6. The summed E-state index contributed by atoms with van der Waals surface area (Å²) in [4.78, 5) is 18.3. The molecule has 2 fully saturated rings. The van der Waals surface area contributed by atoms with Gasteiger partial charge in [0.25, 0.3) is 5.91 Å². The van der Waals surface area contributed by atoms with Crippen molar-refractivity contribution in [2.45, 2.75) is 84.0 Å². The van der Waals surface area contributed by atoms with Crippen molar-refractivity contribution < 1.29 is 27.9 Å². The molecule has 0 unspecified atom stereocenters. The molecular formula is C25H33F2N3O4. The number of carbonyl (C=O) groups excluding carboxylic acids is 1. The number of amides is 1. The molecule has 34 heavy (non-hydrogen) atoms. The van der Waals surface area contributed by atoms with Crippen LogP contribution in [0.2, 0.25) is 0 Å². The highest BCUT2D eigenvalue weighted by molar-refractivity contribution is 5.85. The number of likely N-dealkylation sites (tertiary alicyclic amines) is 1. The molecule has 2 aliphatic rings. The minimum absolute atomic E-state index is 0.109. The molecule has 4 rings (SSSR count). The Hall–Kier alpha value is -2.55. The van der Waals surface area contributed by atoms with Gasteiger partial charge in [-0.25, -0.2) is 0 Å². The number of rotatable bonds is 6. The van der Waals surface area contributed by atoms with Crippen molar-refractivity contribution in [3.63, 3.8) is 0 Å². The van der Waals surface area contributed by atoms with Crippen molar-refractivity contribution in [3.8, 4) is 5.75 Å². The number of aliphatic hydroxyl groups is 1. The Morgan fingerprint density at radius 2 is 1.85 bits per heavy atom. The second-order valence-electron chi connectivity index (χ2n) is 11.3. The van der Waals surface area contributed by atoms with E-state index >= 15 is 8.78 Å². The number of halogens is 2. The molecule has 2 aromatic rings. The first-order chi connectivity index (χ1) is 15.8. The van der Waals surface area contributed by atoms with Crippen LogP contribution in [0.15, 0.2) is 35.1 Å². The van der Waals surface area contributed by atoms with Gasteiger partial charge < -0.3 is 19.3 Å². The zero-order valence-electron chi connectivity index (χ0n) is 20.2. The smallest absolute Gasteiger partial charge is 0.352 e. The lowest BCUT2D eigenvalue weighted by Crippen LogP contribution is -2.62. The van der Waals surface area contributed by atoms with E-state index < -0.39 is 34.3 Å². The number of hydrogen-bond donors (Lipinski definition) is 1. The van der Waals surface area contributed by atoms with Gasteiger partial charge >= 0.3 is 5.92 Å². The lowest BCUT2D eigenvalue weighted by molar-refractivity contribution is -0.231. The molecule has 0 aromatic carbocycles. The molecule has 0 spiro atoms. The Bertz CT molecular complexity index is 1010. The normalized spacial score (nSPS) is 23.6. The van der Waals surface area contributed by atoms with Crippen LogP contribution in [0.25, 0.3) is 0 Å². The zero-order chi connectivity index (χ0) is 24.8. The van der Waals surface area contributed by atoms with Crippen LogP contribution in [-0.2, 0) is 11.4 Å². The van der Waals surface area contributed by atoms with Crippen LogP contribution in [-0.4, -0.2) is 44.1 Å². The van der Waals surface area contributed by atoms with E-state index in [0.29, 0.717) is 36.5 Å². The highest BCUT2D eigenvalue weighted by Gasteiger charge is 2.65. The van der Waals surface area contributed by atoms with Crippen LogP contribution >= 0.6 is 0 Å². The lowest BCUT2D eigenvalue weighted by Gasteiger charge is -2.51. The molecule has 1 atom stereocenters. The van der Waals surface area contributed by atoms with Crippen molar-refractivity contribution in [1.82, 2.24) is 15.0 Å². The molecule has 186 valence electrons. The fourth-order valence-electron chi connectivity index (χ4n) is 6.13. The number of alkyl halides is 2. The maximum absolute atomic E-state index is 15.7. The predicted molar refractivity (Wildman–Crippen MR) is 120 cm³/mol. The molecule has 1 amide bonds. The van der Waals surface area contributed by atoms with Gasteiger partial charge in [-0.05, 0) is 55.1 Å². The molecule has 1 saturated carbocycles. The highest BCUT2D eigenvalue weighted by atomic mass is 19.3. The summed E-state index contributed by atoms with van der Waals surface area (Å²) in [7, 11) is 0. The van der Waals surface area contributed by atoms with Crippen molar-refractivity contribution in [2.75, 3.05) is 6.54 Å². The van der Waals surface area contributed by atoms with Gasteiger partial charge in [0.1, 0.15) is 23.7 Å². The predicted octanol–water partition coefficient (Wildman–Crippen LogP) is 4.91. The van der Waals surface area contributed by atoms with Crippen molar-refractivity contribution in [3.05, 3.63) is 42.0 Å². The minimum atomic E-state index is -3.92. The third kappa shape index (κ3) is 4.80. The Labute approximate surface area is 198 Å². The lowest BCUT2D eigenvalue weighted by atomic mass is 9.58. The molecule has 1 N–H and O–H groups in total. The van der Waals surface area contributed by atoms with Crippen LogP contribution in [0.3, 0.4) is 0 Å². The number of aromatic nitrogens is 2. The SMILES string of the molecule is CC1(C)CC(C)(C)CC(O)(C(F)(F)C(=O)N2CCC[C@H]2c2cc(COc3ccncc3)on2)C1. The van der Waals surface area contributed by atoms with E-state index in [1.807, 2.05) is 27.7 Å². The summed E-state index contributed by atoms with van der Waals surface area (Å²) >= 11 is 0. The second kappa shape index (κ2) is 8.59. The van der Waals surface area contributed by atoms with Gasteiger partial charge in [0, 0.05) is 25.0 Å². The van der Waals surface area contributed by atoms with Gasteiger partial charge in [0.15, 0.2) is 5.76 Å². The van der Waals surface area contributed by atoms with Gasteiger partial charge in [-0.3, -0.25) is 9.78 Å². The van der Waals surface area contributed by atoms with E-state index in [4.69, 9.17) is 9.26 Å². The highest BCUT2D eigenvalue weighted by Crippen LogP contribution is 2.55. The second-order valence-corrected chi connectivity index (χ2v) is 11.3. The summed E-state index contributed by atoms with van der Waals surface area (Å²) in [6.07, 6.45) is 4.69. The standard InChI is InChI=1S/C25H33F2N3O4/c1-22(2)14-23(3,4)16-24(32,15-22)25(26,27)21(31)30-11-5-6-20(30)19-12-18(34-29-19)13-33-17-7-9-28-10-8-17/h7-10,12,20,32H,5-6,11,13-16H2,1-4H3/t20-/m0/s1. The van der Waals surface area contributed by atoms with E-state index in [9.17, 15) is 9.90 Å². The van der Waals surface area contributed by atoms with Crippen molar-refractivity contribution in [2.24, 2.45) is 10.8 Å². The fraction of sp³-hybridized carbons (Fsp3) is 0.640. The van der Waals surface area contributed by atoms with Crippen molar-refractivity contribution in [1.29, 1.82) is 0 Å². The minimum Gasteiger partial charge on any atom is -0.485 e. The van der Waals surface area contributed by atoms with E-state index in [0.717, 1.165) is 4.90 Å². The number of pyridine rings is 1. The summed E-state index contributed by atoms with van der Waals surface area (Å²) in [5, 5.41) is 15.2. The number of carbonyl (C=O) groups is 1. The van der Waals surface area contributed by atoms with Gasteiger partial charge in [-0.2, -0.15) is 8.78 Å². The number of hydrogen-bond acceptors (Lipinski definition) is 6. The molecule has 9 heteroatoms. The summed E-state index contributed by atoms with van der Waals surface area (Å²) in [6, 6.07) is 4.41. The van der Waals surface area contributed by atoms with Gasteiger partial charge in [0.2, 0.25) is 0 Å². The molecule has 2 aromatic heterocycles. The quantitative estimate of drug-likeness (QED) is 0.636. The van der Waals surface area contributed by atoms with Gasteiger partial charge in [0.05, 0.1) is 6.04 Å². The molecule has 1 aliphatic carbocycles. The molecule has 7 nitrogen and oxygen atoms in total. The zero-order valence-corrected chi connectivity index (χ0v) is 20.2. The largest absolute Gasteiger partial charge is 0.485 e. The molecule has 3 heterocycles. The van der Waals surface area contributed by atoms with Crippen LogP contribution in [0, 0.1) is 10.8 Å². The Morgan fingerprint density at radius 1 is 1.21 bits per heavy atom. The maximum Gasteiger partial charge on any atom is 0.352 e. The fourth-order valence-corrected chi connectivity index (χ4v) is 6.13. The van der Waals surface area contributed by atoms with Gasteiger partial charge in [-0.1, -0.05) is 32.9 Å². The van der Waals surface area contributed by atoms with E-state index in [1.54, 1.807) is 30.6 Å². The Morgan fingerprint density at radius 3 is 2.50 bits per heavy atom. The average molecular weight is 478 g/mol. The van der Waals surface area contributed by atoms with E-state index in [1.165, 1.54) is 0 Å². The third-order valence-corrected chi connectivity index (χ3v) is 6.82. The number of ether oxygens (including phenoxy) is 1. The van der Waals surface area contributed by atoms with E-state index in [-0.39, 0.29) is 26.0 Å². The molecule has 1 saturated heterocycles. The van der Waals surface area contributed by atoms with Gasteiger partial charge in [-0.15, -0.1) is 0 Å². The van der Waals surface area contributed by atoms with E-state index in [2.05, 4.69) is 10.1 Å². The Balaban J connectivity index is 1.50.